The van der Waals surface area contributed by atoms with E-state index in [0.717, 1.165) is 0 Å². The van der Waals surface area contributed by atoms with E-state index in [4.69, 9.17) is 0 Å². The largest absolute Gasteiger partial charge is 0.453 e. The zero-order chi connectivity index (χ0) is 24.8. The fourth-order valence-corrected chi connectivity index (χ4v) is 1.80. The molecule has 0 bridgehead atoms. The molecule has 178 valence electrons. The molecule has 0 amide bonds. The molecule has 0 saturated carbocycles. The van der Waals surface area contributed by atoms with Crippen molar-refractivity contribution in [3.05, 3.63) is 12.7 Å². The maximum absolute atomic E-state index is 13.6. The number of halogens is 14. The molecule has 0 fully saturated rings. The van der Waals surface area contributed by atoms with Crippen molar-refractivity contribution < 1.29 is 71.0 Å². The topological polar surface area (TPSA) is 26.3 Å². The van der Waals surface area contributed by atoms with Gasteiger partial charge in [-0.2, -0.15) is 61.5 Å². The van der Waals surface area contributed by atoms with Crippen LogP contribution in [0, 0.1) is 0 Å². The van der Waals surface area contributed by atoms with Crippen LogP contribution in [0.4, 0.5) is 61.5 Å². The molecule has 0 aliphatic carbocycles. The van der Waals surface area contributed by atoms with Crippen LogP contribution in [0.15, 0.2) is 12.7 Å². The summed E-state index contributed by atoms with van der Waals surface area (Å²) in [5.74, 6) is -53.8. The first-order chi connectivity index (χ1) is 12.9. The van der Waals surface area contributed by atoms with E-state index in [-0.39, 0.29) is 19.9 Å². The van der Waals surface area contributed by atoms with Crippen LogP contribution in [0.1, 0.15) is 20.3 Å². The average molecular weight is 478 g/mol. The molecule has 0 spiro atoms. The summed E-state index contributed by atoms with van der Waals surface area (Å²) in [7, 11) is 0. The van der Waals surface area contributed by atoms with Crippen LogP contribution in [0.25, 0.3) is 0 Å². The van der Waals surface area contributed by atoms with Gasteiger partial charge in [0.15, 0.2) is 6.10 Å². The third kappa shape index (κ3) is 3.69. The molecule has 0 radical (unpaired) electrons. The smallest absolute Gasteiger partial charge is 0.384 e. The van der Waals surface area contributed by atoms with E-state index in [1.165, 1.54) is 0 Å². The predicted molar refractivity (Wildman–Crippen MR) is 70.7 cm³/mol. The Morgan fingerprint density at radius 1 is 0.767 bits per heavy atom. The Morgan fingerprint density at radius 3 is 1.43 bits per heavy atom. The Bertz CT molecular complexity index is 655. The van der Waals surface area contributed by atoms with Gasteiger partial charge in [-0.1, -0.05) is 13.5 Å². The van der Waals surface area contributed by atoms with Crippen LogP contribution in [0.2, 0.25) is 0 Å². The lowest BCUT2D eigenvalue weighted by Crippen LogP contribution is -2.74. The highest BCUT2D eigenvalue weighted by Gasteiger charge is 2.93. The molecular formula is C14H12F14O2. The third-order valence-electron chi connectivity index (χ3n) is 3.87. The lowest BCUT2D eigenvalue weighted by molar-refractivity contribution is -0.445. The standard InChI is InChI=1S/C14H12F14O2/c1-4-7(29)30-6(3)9(17,18)11(21,22)13(25,26)14(27,28)12(23,24)10(19,20)8(15,16)5-2/h4,6H,1,5H2,2-3H3. The van der Waals surface area contributed by atoms with Crippen LogP contribution in [0.3, 0.4) is 0 Å². The van der Waals surface area contributed by atoms with Crippen molar-refractivity contribution in [1.29, 1.82) is 0 Å². The Labute approximate surface area is 158 Å². The zero-order valence-electron chi connectivity index (χ0n) is 14.7. The van der Waals surface area contributed by atoms with Gasteiger partial charge in [-0.25, -0.2) is 4.79 Å². The number of carbonyl (C=O) groups excluding carboxylic acids is 1. The van der Waals surface area contributed by atoms with Crippen molar-refractivity contribution in [3.8, 4) is 0 Å². The summed E-state index contributed by atoms with van der Waals surface area (Å²) in [5.41, 5.74) is 0. The van der Waals surface area contributed by atoms with Crippen molar-refractivity contribution in [3.63, 3.8) is 0 Å². The Kier molecular flexibility index (Phi) is 7.27. The molecule has 30 heavy (non-hydrogen) atoms. The molecule has 16 heteroatoms. The highest BCUT2D eigenvalue weighted by molar-refractivity contribution is 5.81. The summed E-state index contributed by atoms with van der Waals surface area (Å²) in [6, 6.07) is 0. The van der Waals surface area contributed by atoms with Crippen molar-refractivity contribution in [2.75, 3.05) is 0 Å². The highest BCUT2D eigenvalue weighted by atomic mass is 19.4. The molecule has 1 atom stereocenters. The summed E-state index contributed by atoms with van der Waals surface area (Å²) in [6.07, 6.45) is -6.00. The van der Waals surface area contributed by atoms with Crippen LogP contribution in [-0.4, -0.2) is 53.5 Å². The molecule has 0 aromatic rings. The van der Waals surface area contributed by atoms with Gasteiger partial charge >= 0.3 is 47.4 Å². The summed E-state index contributed by atoms with van der Waals surface area (Å²) >= 11 is 0. The van der Waals surface area contributed by atoms with Crippen LogP contribution in [-0.2, 0) is 9.53 Å². The zero-order valence-corrected chi connectivity index (χ0v) is 14.7. The first-order valence-electron chi connectivity index (χ1n) is 7.41. The lowest BCUT2D eigenvalue weighted by Gasteiger charge is -2.43. The lowest BCUT2D eigenvalue weighted by atomic mass is 9.87. The van der Waals surface area contributed by atoms with Crippen LogP contribution < -0.4 is 0 Å². The maximum Gasteiger partial charge on any atom is 0.384 e. The molecule has 0 saturated heterocycles. The Balaban J connectivity index is 6.54. The molecule has 0 aromatic carbocycles. The predicted octanol–water partition coefficient (Wildman–Crippen LogP) is 5.96. The normalized spacial score (nSPS) is 16.3. The van der Waals surface area contributed by atoms with E-state index >= 15 is 0 Å². The minimum absolute atomic E-state index is 0.0403. The molecule has 0 aromatic heterocycles. The summed E-state index contributed by atoms with van der Waals surface area (Å²) < 4.78 is 191. The molecule has 0 N–H and O–H groups in total. The maximum atomic E-state index is 13.6. The van der Waals surface area contributed by atoms with Gasteiger partial charge in [-0.3, -0.25) is 0 Å². The monoisotopic (exact) mass is 478 g/mol. The van der Waals surface area contributed by atoms with E-state index in [9.17, 15) is 66.3 Å². The minimum Gasteiger partial charge on any atom is -0.453 e. The quantitative estimate of drug-likeness (QED) is 0.220. The molecule has 0 aliphatic rings. The number of esters is 1. The van der Waals surface area contributed by atoms with Crippen molar-refractivity contribution in [2.45, 2.75) is 67.8 Å². The van der Waals surface area contributed by atoms with Crippen LogP contribution in [0.5, 0.6) is 0 Å². The van der Waals surface area contributed by atoms with Crippen molar-refractivity contribution in [1.82, 2.24) is 0 Å². The third-order valence-corrected chi connectivity index (χ3v) is 3.87. The van der Waals surface area contributed by atoms with Gasteiger partial charge in [0.2, 0.25) is 0 Å². The minimum atomic E-state index is -8.14. The molecule has 2 nitrogen and oxygen atoms in total. The number of carbonyl (C=O) groups is 1. The SMILES string of the molecule is C=CC(=O)OC(C)C(F)(F)C(F)(F)C(F)(F)C(F)(F)C(F)(F)C(F)(F)C(F)(F)CC. The van der Waals surface area contributed by atoms with Gasteiger partial charge in [0.05, 0.1) is 0 Å². The number of rotatable bonds is 10. The second kappa shape index (κ2) is 7.73. The molecular weight excluding hydrogens is 466 g/mol. The van der Waals surface area contributed by atoms with E-state index in [1.807, 2.05) is 0 Å². The average Bonchev–Trinajstić information content (AvgIpc) is 2.60. The van der Waals surface area contributed by atoms with Crippen LogP contribution >= 0.6 is 0 Å². The van der Waals surface area contributed by atoms with Gasteiger partial charge < -0.3 is 4.74 Å². The van der Waals surface area contributed by atoms with E-state index < -0.39 is 60.0 Å². The fraction of sp³-hybridized carbons (Fsp3) is 0.786. The molecule has 0 heterocycles. The van der Waals surface area contributed by atoms with Crippen molar-refractivity contribution in [2.24, 2.45) is 0 Å². The molecule has 0 rings (SSSR count). The van der Waals surface area contributed by atoms with E-state index in [2.05, 4.69) is 11.3 Å². The highest BCUT2D eigenvalue weighted by Crippen LogP contribution is 2.62. The van der Waals surface area contributed by atoms with Gasteiger partial charge in [0.25, 0.3) is 0 Å². The first kappa shape index (κ1) is 28.2. The van der Waals surface area contributed by atoms with Crippen molar-refractivity contribution >= 4 is 5.97 Å². The number of alkyl halides is 14. The Morgan fingerprint density at radius 2 is 1.10 bits per heavy atom. The fourth-order valence-electron chi connectivity index (χ4n) is 1.80. The number of hydrogen-bond acceptors (Lipinski definition) is 2. The second-order valence-electron chi connectivity index (χ2n) is 5.84. The van der Waals surface area contributed by atoms with Gasteiger partial charge in [-0.15, -0.1) is 0 Å². The summed E-state index contributed by atoms with van der Waals surface area (Å²) in [4.78, 5) is 10.7. The summed E-state index contributed by atoms with van der Waals surface area (Å²) in [5, 5.41) is 0. The van der Waals surface area contributed by atoms with E-state index in [1.54, 1.807) is 0 Å². The Hall–Kier alpha value is -1.77. The van der Waals surface area contributed by atoms with Gasteiger partial charge in [0.1, 0.15) is 0 Å². The van der Waals surface area contributed by atoms with E-state index in [0.29, 0.717) is 0 Å². The summed E-state index contributed by atoms with van der Waals surface area (Å²) in [6.45, 7) is 2.40. The molecule has 1 unspecified atom stereocenters. The first-order valence-corrected chi connectivity index (χ1v) is 7.41. The number of hydrogen-bond donors (Lipinski definition) is 0. The number of ether oxygens (including phenoxy) is 1. The van der Waals surface area contributed by atoms with Gasteiger partial charge in [0, 0.05) is 12.5 Å². The van der Waals surface area contributed by atoms with Gasteiger partial charge in [-0.05, 0) is 6.92 Å². The second-order valence-corrected chi connectivity index (χ2v) is 5.84. The molecule has 0 aliphatic heterocycles.